The molecule has 1 fully saturated rings. The number of carbonyl (C=O) groups excluding carboxylic acids is 1. The van der Waals surface area contributed by atoms with Crippen molar-refractivity contribution in [3.63, 3.8) is 0 Å². The lowest BCUT2D eigenvalue weighted by Crippen LogP contribution is -2.32. The van der Waals surface area contributed by atoms with E-state index < -0.39 is 22.2 Å². The summed E-state index contributed by atoms with van der Waals surface area (Å²) in [6.45, 7) is 1.41. The van der Waals surface area contributed by atoms with Gasteiger partial charge in [-0.2, -0.15) is 0 Å². The summed E-state index contributed by atoms with van der Waals surface area (Å²) in [6.07, 6.45) is 9.26. The van der Waals surface area contributed by atoms with Crippen LogP contribution in [0.1, 0.15) is 30.4 Å². The minimum atomic E-state index is -3.83. The van der Waals surface area contributed by atoms with Gasteiger partial charge in [-0.25, -0.2) is 22.7 Å². The lowest BCUT2D eigenvalue weighted by Gasteiger charge is -2.21. The Hall–Kier alpha value is -3.31. The van der Waals surface area contributed by atoms with Gasteiger partial charge in [0.15, 0.2) is 6.29 Å². The van der Waals surface area contributed by atoms with Gasteiger partial charge in [0.2, 0.25) is 0 Å². The van der Waals surface area contributed by atoms with Crippen LogP contribution in [-0.2, 0) is 30.9 Å². The summed E-state index contributed by atoms with van der Waals surface area (Å²) in [5.74, 6) is -0.464. The number of hydrogen-bond acceptors (Lipinski definition) is 7. The highest BCUT2D eigenvalue weighted by Crippen LogP contribution is 2.22. The predicted molar refractivity (Wildman–Crippen MR) is 136 cm³/mol. The molecule has 3 aromatic rings. The summed E-state index contributed by atoms with van der Waals surface area (Å²) < 4.78 is 32.6. The van der Waals surface area contributed by atoms with E-state index in [9.17, 15) is 13.2 Å². The minimum absolute atomic E-state index is 0.0699. The third-order valence-electron chi connectivity index (χ3n) is 5.58. The SMILES string of the molecule is CN(C)Cc1cccc(-c2ccc(S(=O)(=O)n3ccc(/C=C/C(=O)NOC4CCCCO4)c3)cn2)c1. The molecule has 1 amide bonds. The lowest BCUT2D eigenvalue weighted by molar-refractivity contribution is -0.198. The standard InChI is InChI=1S/C26H30N4O5S/c1-29(2)18-21-6-5-7-22(16-21)24-11-10-23(17-27-24)36(32,33)30-14-13-20(19-30)9-12-25(31)28-35-26-8-3-4-15-34-26/h5-7,9-14,16-17,19,26H,3-4,8,15,18H2,1-2H3,(H,28,31)/b12-9+. The number of ether oxygens (including phenoxy) is 1. The maximum atomic E-state index is 13.1. The van der Waals surface area contributed by atoms with E-state index in [2.05, 4.69) is 15.4 Å². The van der Waals surface area contributed by atoms with Crippen LogP contribution in [0.5, 0.6) is 0 Å². The van der Waals surface area contributed by atoms with Gasteiger partial charge >= 0.3 is 0 Å². The zero-order valence-electron chi connectivity index (χ0n) is 20.3. The first kappa shape index (κ1) is 25.8. The van der Waals surface area contributed by atoms with Gasteiger partial charge < -0.3 is 9.64 Å². The highest BCUT2D eigenvalue weighted by Gasteiger charge is 2.18. The summed E-state index contributed by atoms with van der Waals surface area (Å²) in [7, 11) is 0.175. The highest BCUT2D eigenvalue weighted by atomic mass is 32.2. The predicted octanol–water partition coefficient (Wildman–Crippen LogP) is 3.44. The van der Waals surface area contributed by atoms with Crippen LogP contribution in [0.25, 0.3) is 17.3 Å². The second-order valence-electron chi connectivity index (χ2n) is 8.81. The molecule has 1 atom stereocenters. The average Bonchev–Trinajstić information content (AvgIpc) is 3.37. The summed E-state index contributed by atoms with van der Waals surface area (Å²) >= 11 is 0. The molecule has 36 heavy (non-hydrogen) atoms. The highest BCUT2D eigenvalue weighted by molar-refractivity contribution is 7.90. The van der Waals surface area contributed by atoms with E-state index >= 15 is 0 Å². The van der Waals surface area contributed by atoms with Crippen molar-refractivity contribution < 1.29 is 22.8 Å². The molecule has 1 aliphatic heterocycles. The number of hydrogen-bond donors (Lipinski definition) is 1. The lowest BCUT2D eigenvalue weighted by atomic mass is 10.1. The van der Waals surface area contributed by atoms with E-state index in [-0.39, 0.29) is 4.90 Å². The number of pyridine rings is 1. The maximum absolute atomic E-state index is 13.1. The molecule has 2 aromatic heterocycles. The van der Waals surface area contributed by atoms with Crippen LogP contribution >= 0.6 is 0 Å². The van der Waals surface area contributed by atoms with Crippen molar-refractivity contribution in [3.05, 3.63) is 78.3 Å². The monoisotopic (exact) mass is 510 g/mol. The van der Waals surface area contributed by atoms with Crippen molar-refractivity contribution in [1.29, 1.82) is 0 Å². The Balaban J connectivity index is 1.40. The molecule has 0 spiro atoms. The third kappa shape index (κ3) is 6.67. The van der Waals surface area contributed by atoms with Gasteiger partial charge in [0, 0.05) is 49.8 Å². The molecule has 0 bridgehead atoms. The quantitative estimate of drug-likeness (QED) is 0.347. The molecule has 0 saturated carbocycles. The smallest absolute Gasteiger partial charge is 0.269 e. The van der Waals surface area contributed by atoms with Gasteiger partial charge in [0.1, 0.15) is 4.90 Å². The Kier molecular flexibility index (Phi) is 8.32. The molecule has 190 valence electrons. The van der Waals surface area contributed by atoms with Gasteiger partial charge in [0.25, 0.3) is 15.9 Å². The first-order valence-corrected chi connectivity index (χ1v) is 13.1. The van der Waals surface area contributed by atoms with Crippen molar-refractivity contribution in [2.45, 2.75) is 37.0 Å². The fourth-order valence-corrected chi connectivity index (χ4v) is 4.94. The third-order valence-corrected chi connectivity index (χ3v) is 7.20. The van der Waals surface area contributed by atoms with E-state index in [1.165, 1.54) is 30.7 Å². The van der Waals surface area contributed by atoms with Gasteiger partial charge in [-0.15, -0.1) is 0 Å². The molecular weight excluding hydrogens is 480 g/mol. The van der Waals surface area contributed by atoms with Crippen LogP contribution in [0.15, 0.2) is 72.0 Å². The average molecular weight is 511 g/mol. The number of nitrogens with one attached hydrogen (secondary N) is 1. The van der Waals surface area contributed by atoms with Crippen LogP contribution in [0.3, 0.4) is 0 Å². The zero-order valence-corrected chi connectivity index (χ0v) is 21.1. The molecule has 1 aromatic carbocycles. The topological polar surface area (TPSA) is 103 Å². The molecule has 4 rings (SSSR count). The van der Waals surface area contributed by atoms with Crippen molar-refractivity contribution in [1.82, 2.24) is 19.3 Å². The van der Waals surface area contributed by atoms with Gasteiger partial charge in [-0.05, 0) is 68.4 Å². The van der Waals surface area contributed by atoms with Gasteiger partial charge in [-0.1, -0.05) is 18.2 Å². The van der Waals surface area contributed by atoms with Gasteiger partial charge in [0.05, 0.1) is 5.69 Å². The maximum Gasteiger partial charge on any atom is 0.269 e. The minimum Gasteiger partial charge on any atom is -0.350 e. The number of hydroxylamine groups is 1. The van der Waals surface area contributed by atoms with Crippen molar-refractivity contribution in [3.8, 4) is 11.3 Å². The number of aromatic nitrogens is 2. The first-order valence-electron chi connectivity index (χ1n) is 11.7. The number of amides is 1. The fraction of sp³-hybridized carbons (Fsp3) is 0.308. The van der Waals surface area contributed by atoms with Crippen LogP contribution in [0.4, 0.5) is 0 Å². The second kappa shape index (κ2) is 11.6. The first-order chi connectivity index (χ1) is 17.3. The van der Waals surface area contributed by atoms with Crippen molar-refractivity contribution >= 4 is 22.0 Å². The van der Waals surface area contributed by atoms with Crippen molar-refractivity contribution in [2.75, 3.05) is 20.7 Å². The molecular formula is C26H30N4O5S. The summed E-state index contributed by atoms with van der Waals surface area (Å²) in [5.41, 5.74) is 5.63. The largest absolute Gasteiger partial charge is 0.350 e. The Morgan fingerprint density at radius 3 is 2.83 bits per heavy atom. The summed E-state index contributed by atoms with van der Waals surface area (Å²) in [4.78, 5) is 23.8. The summed E-state index contributed by atoms with van der Waals surface area (Å²) in [6, 6.07) is 12.8. The molecule has 1 N–H and O–H groups in total. The Bertz CT molecular complexity index is 1310. The molecule has 3 heterocycles. The van der Waals surface area contributed by atoms with Crippen LogP contribution in [0.2, 0.25) is 0 Å². The van der Waals surface area contributed by atoms with Crippen LogP contribution in [0, 0.1) is 0 Å². The zero-order chi connectivity index (χ0) is 25.5. The Morgan fingerprint density at radius 2 is 2.11 bits per heavy atom. The van der Waals surface area contributed by atoms with E-state index in [1.807, 2.05) is 38.4 Å². The van der Waals surface area contributed by atoms with Crippen LogP contribution < -0.4 is 5.48 Å². The normalized spacial score (nSPS) is 16.5. The molecule has 1 aliphatic rings. The Morgan fingerprint density at radius 1 is 1.25 bits per heavy atom. The molecule has 10 heteroatoms. The number of benzene rings is 1. The second-order valence-corrected chi connectivity index (χ2v) is 10.7. The van der Waals surface area contributed by atoms with Crippen molar-refractivity contribution in [2.24, 2.45) is 0 Å². The fourth-order valence-electron chi connectivity index (χ4n) is 3.79. The number of nitrogens with zero attached hydrogens (tertiary/aromatic N) is 3. The van der Waals surface area contributed by atoms with E-state index in [0.29, 0.717) is 17.9 Å². The number of rotatable bonds is 9. The Labute approximate surface area is 211 Å². The molecule has 1 unspecified atom stereocenters. The van der Waals surface area contributed by atoms with E-state index in [1.54, 1.807) is 18.2 Å². The van der Waals surface area contributed by atoms with Gasteiger partial charge in [-0.3, -0.25) is 9.78 Å². The van der Waals surface area contributed by atoms with Crippen LogP contribution in [-0.4, -0.2) is 55.2 Å². The molecule has 0 radical (unpaired) electrons. The molecule has 9 nitrogen and oxygen atoms in total. The van der Waals surface area contributed by atoms with E-state index in [4.69, 9.17) is 9.57 Å². The number of carbonyl (C=O) groups is 1. The van der Waals surface area contributed by atoms with E-state index in [0.717, 1.165) is 40.9 Å². The molecule has 0 aliphatic carbocycles. The molecule has 1 saturated heterocycles. The summed E-state index contributed by atoms with van der Waals surface area (Å²) in [5, 5.41) is 0.